The third-order valence-electron chi connectivity index (χ3n) is 3.47. The highest BCUT2D eigenvalue weighted by Crippen LogP contribution is 2.22. The molecule has 1 fully saturated rings. The second-order valence-corrected chi connectivity index (χ2v) is 5.05. The van der Waals surface area contributed by atoms with Crippen LogP contribution in [0.1, 0.15) is 5.56 Å². The summed E-state index contributed by atoms with van der Waals surface area (Å²) in [7, 11) is 0. The topological polar surface area (TPSA) is 127 Å². The van der Waals surface area contributed by atoms with Crippen LogP contribution in [0.15, 0.2) is 36.4 Å². The molecule has 0 saturated carbocycles. The van der Waals surface area contributed by atoms with Gasteiger partial charge < -0.3 is 30.3 Å². The van der Waals surface area contributed by atoms with Crippen LogP contribution in [0.2, 0.25) is 0 Å². The summed E-state index contributed by atoms with van der Waals surface area (Å²) >= 11 is 0. The molecule has 120 valence electrons. The molecule has 0 aliphatic carbocycles. The predicted molar refractivity (Wildman–Crippen MR) is 75.4 cm³/mol. The minimum absolute atomic E-state index is 0.739. The van der Waals surface area contributed by atoms with E-state index in [0.717, 1.165) is 11.6 Å². The molecule has 1 unspecified atom stereocenters. The van der Waals surface area contributed by atoms with E-state index in [1.54, 1.807) is 24.3 Å². The average Bonchev–Trinajstić information content (AvgIpc) is 2.54. The Labute approximate surface area is 126 Å². The van der Waals surface area contributed by atoms with Crippen molar-refractivity contribution in [1.29, 1.82) is 0 Å². The summed E-state index contributed by atoms with van der Waals surface area (Å²) in [6.45, 7) is 0. The first-order chi connectivity index (χ1) is 10.4. The van der Waals surface area contributed by atoms with Crippen LogP contribution < -0.4 is 0 Å². The van der Waals surface area contributed by atoms with Crippen LogP contribution in [-0.2, 0) is 9.53 Å². The van der Waals surface area contributed by atoms with Crippen LogP contribution in [0, 0.1) is 0 Å². The number of hydrogen-bond acceptors (Lipinski definition) is 7. The number of hydrogen-bond donors (Lipinski definition) is 5. The highest BCUT2D eigenvalue weighted by atomic mass is 16.6. The molecule has 0 spiro atoms. The molecule has 5 N–H and O–H groups in total. The highest BCUT2D eigenvalue weighted by molar-refractivity contribution is 5.97. The van der Waals surface area contributed by atoms with Crippen molar-refractivity contribution >= 4 is 11.9 Å². The van der Waals surface area contributed by atoms with Gasteiger partial charge in [-0.2, -0.15) is 0 Å². The van der Waals surface area contributed by atoms with Gasteiger partial charge in [0.15, 0.2) is 12.1 Å². The number of ketones is 1. The van der Waals surface area contributed by atoms with Crippen molar-refractivity contribution in [3.8, 4) is 0 Å². The summed E-state index contributed by atoms with van der Waals surface area (Å²) in [4.78, 5) is 11.9. The number of carbonyl (C=O) groups excluding carboxylic acids is 1. The zero-order valence-corrected chi connectivity index (χ0v) is 11.6. The van der Waals surface area contributed by atoms with Gasteiger partial charge >= 0.3 is 0 Å². The zero-order chi connectivity index (χ0) is 16.3. The van der Waals surface area contributed by atoms with Crippen molar-refractivity contribution in [3.63, 3.8) is 0 Å². The Morgan fingerprint density at radius 3 is 2.32 bits per heavy atom. The molecule has 7 heteroatoms. The number of ether oxygens (including phenoxy) is 1. The first kappa shape index (κ1) is 16.8. The quantitative estimate of drug-likeness (QED) is 0.425. The van der Waals surface area contributed by atoms with Crippen molar-refractivity contribution in [3.05, 3.63) is 42.0 Å². The molecule has 0 bridgehead atoms. The van der Waals surface area contributed by atoms with E-state index in [1.165, 1.54) is 6.08 Å². The number of aliphatic hydroxyl groups is 5. The van der Waals surface area contributed by atoms with Crippen molar-refractivity contribution in [1.82, 2.24) is 0 Å². The minimum atomic E-state index is -1.80. The van der Waals surface area contributed by atoms with Crippen LogP contribution in [0.5, 0.6) is 0 Å². The second-order valence-electron chi connectivity index (χ2n) is 5.05. The number of carbonyl (C=O) groups is 1. The Morgan fingerprint density at radius 1 is 1.05 bits per heavy atom. The first-order valence-corrected chi connectivity index (χ1v) is 6.74. The van der Waals surface area contributed by atoms with E-state index in [4.69, 9.17) is 4.74 Å². The van der Waals surface area contributed by atoms with Crippen LogP contribution >= 0.6 is 0 Å². The van der Waals surface area contributed by atoms with E-state index in [0.29, 0.717) is 0 Å². The molecule has 1 aromatic carbocycles. The van der Waals surface area contributed by atoms with Gasteiger partial charge in [-0.05, 0) is 11.6 Å². The van der Waals surface area contributed by atoms with Crippen molar-refractivity contribution in [2.45, 2.75) is 36.8 Å². The van der Waals surface area contributed by atoms with Gasteiger partial charge in [-0.25, -0.2) is 0 Å². The molecule has 1 aliphatic rings. The maximum atomic E-state index is 11.9. The van der Waals surface area contributed by atoms with E-state index in [2.05, 4.69) is 0 Å². The fraction of sp³-hybridized carbons (Fsp3) is 0.400. The van der Waals surface area contributed by atoms with Gasteiger partial charge in [0, 0.05) is 0 Å². The Morgan fingerprint density at radius 2 is 1.68 bits per heavy atom. The summed E-state index contributed by atoms with van der Waals surface area (Å²) in [5.41, 5.74) is 0.739. The maximum Gasteiger partial charge on any atom is 0.186 e. The molecule has 6 atom stereocenters. The Balaban J connectivity index is 2.05. The fourth-order valence-corrected chi connectivity index (χ4v) is 2.15. The lowest BCUT2D eigenvalue weighted by Gasteiger charge is -2.39. The number of aliphatic hydroxyl groups excluding tert-OH is 5. The van der Waals surface area contributed by atoms with Gasteiger partial charge in [-0.3, -0.25) is 4.79 Å². The highest BCUT2D eigenvalue weighted by Gasteiger charge is 2.47. The maximum absolute atomic E-state index is 11.9. The summed E-state index contributed by atoms with van der Waals surface area (Å²) in [6.07, 6.45) is -7.69. The van der Waals surface area contributed by atoms with Gasteiger partial charge in [0.2, 0.25) is 0 Å². The molecule has 2 rings (SSSR count). The van der Waals surface area contributed by atoms with Gasteiger partial charge in [0.05, 0.1) is 0 Å². The molecule has 0 amide bonds. The fourth-order valence-electron chi connectivity index (χ4n) is 2.15. The lowest BCUT2D eigenvalue weighted by atomic mass is 9.93. The lowest BCUT2D eigenvalue weighted by Crippen LogP contribution is -2.61. The lowest BCUT2D eigenvalue weighted by molar-refractivity contribution is -0.293. The van der Waals surface area contributed by atoms with E-state index < -0.39 is 42.6 Å². The first-order valence-electron chi connectivity index (χ1n) is 6.74. The largest absolute Gasteiger partial charge is 0.387 e. The summed E-state index contributed by atoms with van der Waals surface area (Å²) in [5, 5.41) is 47.9. The summed E-state index contributed by atoms with van der Waals surface area (Å²) in [6, 6.07) is 8.89. The number of rotatable bonds is 4. The minimum Gasteiger partial charge on any atom is -0.387 e. The van der Waals surface area contributed by atoms with Crippen LogP contribution in [0.3, 0.4) is 0 Å². The molecule has 1 heterocycles. The molecule has 22 heavy (non-hydrogen) atoms. The second kappa shape index (κ2) is 7.10. The molecular weight excluding hydrogens is 292 g/mol. The third kappa shape index (κ3) is 3.58. The monoisotopic (exact) mass is 310 g/mol. The average molecular weight is 310 g/mol. The standard InChI is InChI=1S/C15H18O7/c16-9(7-6-8-4-2-1-3-5-8)10(17)14-12(19)11(18)13(20)15(21)22-14/h1-7,10-15,17-21H/t10?,11-,12-,13+,14+,15-/m0/s1. The van der Waals surface area contributed by atoms with Crippen molar-refractivity contribution in [2.75, 3.05) is 0 Å². The Hall–Kier alpha value is -1.61. The molecule has 0 radical (unpaired) electrons. The van der Waals surface area contributed by atoms with E-state index >= 15 is 0 Å². The smallest absolute Gasteiger partial charge is 0.186 e. The summed E-state index contributed by atoms with van der Waals surface area (Å²) in [5.74, 6) is -0.760. The predicted octanol–water partition coefficient (Wildman–Crippen LogP) is -1.57. The molecule has 0 aromatic heterocycles. The van der Waals surface area contributed by atoms with Crippen molar-refractivity contribution in [2.24, 2.45) is 0 Å². The van der Waals surface area contributed by atoms with Gasteiger partial charge in [0.1, 0.15) is 30.5 Å². The van der Waals surface area contributed by atoms with Crippen LogP contribution in [0.25, 0.3) is 6.08 Å². The van der Waals surface area contributed by atoms with E-state index in [1.807, 2.05) is 6.07 Å². The van der Waals surface area contributed by atoms with Gasteiger partial charge in [-0.1, -0.05) is 36.4 Å². The Bertz CT molecular complexity index is 530. The normalized spacial score (nSPS) is 33.8. The van der Waals surface area contributed by atoms with E-state index in [9.17, 15) is 30.3 Å². The van der Waals surface area contributed by atoms with Crippen LogP contribution in [0.4, 0.5) is 0 Å². The van der Waals surface area contributed by atoms with Gasteiger partial charge in [0.25, 0.3) is 0 Å². The molecule has 1 saturated heterocycles. The third-order valence-corrected chi connectivity index (χ3v) is 3.47. The van der Waals surface area contributed by atoms with E-state index in [-0.39, 0.29) is 0 Å². The molecule has 1 aromatic rings. The molecular formula is C15H18O7. The SMILES string of the molecule is O=C(C=Cc1ccccc1)C(O)[C@H]1O[C@H](O)[C@H](O)[C@@H](O)[C@@H]1O. The molecule has 7 nitrogen and oxygen atoms in total. The molecule has 1 aliphatic heterocycles. The van der Waals surface area contributed by atoms with Gasteiger partial charge in [-0.15, -0.1) is 0 Å². The number of benzene rings is 1. The van der Waals surface area contributed by atoms with Crippen molar-refractivity contribution < 1.29 is 35.1 Å². The Kier molecular flexibility index (Phi) is 5.41. The van der Waals surface area contributed by atoms with Crippen LogP contribution in [-0.4, -0.2) is 68.1 Å². The zero-order valence-electron chi connectivity index (χ0n) is 11.6. The summed E-state index contributed by atoms with van der Waals surface area (Å²) < 4.78 is 4.81.